The van der Waals surface area contributed by atoms with E-state index in [1.165, 1.54) is 0 Å². The zero-order chi connectivity index (χ0) is 16.5. The zero-order valence-corrected chi connectivity index (χ0v) is 15.3. The Bertz CT molecular complexity index is 596. The molecule has 1 heterocycles. The summed E-state index contributed by atoms with van der Waals surface area (Å²) in [4.78, 5) is 14.4. The molecule has 0 aliphatic rings. The van der Waals surface area contributed by atoms with Crippen LogP contribution in [0.15, 0.2) is 42.6 Å². The SMILES string of the molecule is CCN(CC)CCCNC(=O)Cn1nccc1-c1ccccc1.Cl. The second-order valence-electron chi connectivity index (χ2n) is 5.47. The van der Waals surface area contributed by atoms with Gasteiger partial charge in [0.1, 0.15) is 6.54 Å². The van der Waals surface area contributed by atoms with E-state index in [9.17, 15) is 4.79 Å². The van der Waals surface area contributed by atoms with Crippen LogP contribution in [-0.4, -0.2) is 46.8 Å². The maximum Gasteiger partial charge on any atom is 0.241 e. The summed E-state index contributed by atoms with van der Waals surface area (Å²) in [6, 6.07) is 11.9. The molecular weight excluding hydrogens is 324 g/mol. The number of halogens is 1. The number of carbonyl (C=O) groups is 1. The van der Waals surface area contributed by atoms with Gasteiger partial charge in [-0.25, -0.2) is 0 Å². The number of hydrogen-bond acceptors (Lipinski definition) is 3. The Balaban J connectivity index is 0.00000288. The number of hydrogen-bond donors (Lipinski definition) is 1. The van der Waals surface area contributed by atoms with E-state index in [0.717, 1.165) is 37.3 Å². The first kappa shape index (κ1) is 20.2. The molecule has 0 fully saturated rings. The Morgan fingerprint density at radius 2 is 1.88 bits per heavy atom. The fourth-order valence-electron chi connectivity index (χ4n) is 2.58. The number of carbonyl (C=O) groups excluding carboxylic acids is 1. The lowest BCUT2D eigenvalue weighted by Gasteiger charge is -2.17. The third kappa shape index (κ3) is 5.98. The second kappa shape index (κ2) is 10.8. The molecule has 0 saturated carbocycles. The van der Waals surface area contributed by atoms with E-state index in [0.29, 0.717) is 6.54 Å². The lowest BCUT2D eigenvalue weighted by Crippen LogP contribution is -2.32. The van der Waals surface area contributed by atoms with Crippen LogP contribution in [0, 0.1) is 0 Å². The molecule has 0 unspecified atom stereocenters. The van der Waals surface area contributed by atoms with E-state index in [4.69, 9.17) is 0 Å². The standard InChI is InChI=1S/C18H26N4O.ClH/c1-3-21(4-2)14-8-12-19-18(23)15-22-17(11-13-20-22)16-9-6-5-7-10-16;/h5-7,9-11,13H,3-4,8,12,14-15H2,1-2H3,(H,19,23);1H. The van der Waals surface area contributed by atoms with Crippen molar-refractivity contribution in [2.45, 2.75) is 26.8 Å². The molecule has 24 heavy (non-hydrogen) atoms. The van der Waals surface area contributed by atoms with Gasteiger partial charge in [-0.05, 0) is 37.7 Å². The fraction of sp³-hybridized carbons (Fsp3) is 0.444. The van der Waals surface area contributed by atoms with Crippen molar-refractivity contribution in [3.8, 4) is 11.3 Å². The first-order valence-electron chi connectivity index (χ1n) is 8.30. The van der Waals surface area contributed by atoms with Gasteiger partial charge in [-0.2, -0.15) is 5.10 Å². The molecule has 0 aliphatic carbocycles. The predicted octanol–water partition coefficient (Wildman–Crippen LogP) is 2.82. The van der Waals surface area contributed by atoms with E-state index < -0.39 is 0 Å². The van der Waals surface area contributed by atoms with Crippen molar-refractivity contribution >= 4 is 18.3 Å². The second-order valence-corrected chi connectivity index (χ2v) is 5.47. The molecule has 2 aromatic rings. The number of benzene rings is 1. The number of amides is 1. The van der Waals surface area contributed by atoms with Gasteiger partial charge in [-0.15, -0.1) is 12.4 Å². The highest BCUT2D eigenvalue weighted by molar-refractivity contribution is 5.85. The minimum absolute atomic E-state index is 0. The van der Waals surface area contributed by atoms with Crippen LogP contribution in [0.3, 0.4) is 0 Å². The fourth-order valence-corrected chi connectivity index (χ4v) is 2.58. The van der Waals surface area contributed by atoms with Gasteiger partial charge in [-0.1, -0.05) is 44.2 Å². The van der Waals surface area contributed by atoms with Crippen LogP contribution >= 0.6 is 12.4 Å². The third-order valence-corrected chi connectivity index (χ3v) is 3.95. The minimum Gasteiger partial charge on any atom is -0.354 e. The topological polar surface area (TPSA) is 50.2 Å². The molecule has 1 N–H and O–H groups in total. The number of nitrogens with zero attached hydrogens (tertiary/aromatic N) is 3. The number of rotatable bonds is 9. The molecule has 0 spiro atoms. The van der Waals surface area contributed by atoms with Gasteiger partial charge in [0.25, 0.3) is 0 Å². The number of nitrogens with one attached hydrogen (secondary N) is 1. The van der Waals surface area contributed by atoms with E-state index >= 15 is 0 Å². The van der Waals surface area contributed by atoms with Crippen molar-refractivity contribution in [3.05, 3.63) is 42.6 Å². The first-order valence-corrected chi connectivity index (χ1v) is 8.30. The molecular formula is C18H27ClN4O. The maximum atomic E-state index is 12.1. The molecule has 0 radical (unpaired) electrons. The lowest BCUT2D eigenvalue weighted by molar-refractivity contribution is -0.121. The van der Waals surface area contributed by atoms with Crippen LogP contribution in [0.4, 0.5) is 0 Å². The Labute approximate surface area is 150 Å². The van der Waals surface area contributed by atoms with Gasteiger partial charge in [0.2, 0.25) is 5.91 Å². The highest BCUT2D eigenvalue weighted by Gasteiger charge is 2.09. The van der Waals surface area contributed by atoms with Crippen molar-refractivity contribution in [2.24, 2.45) is 0 Å². The third-order valence-electron chi connectivity index (χ3n) is 3.95. The van der Waals surface area contributed by atoms with E-state index in [1.807, 2.05) is 36.4 Å². The lowest BCUT2D eigenvalue weighted by atomic mass is 10.1. The van der Waals surface area contributed by atoms with Crippen molar-refractivity contribution in [1.82, 2.24) is 20.0 Å². The predicted molar refractivity (Wildman–Crippen MR) is 100 cm³/mol. The van der Waals surface area contributed by atoms with Gasteiger partial charge < -0.3 is 10.2 Å². The van der Waals surface area contributed by atoms with Crippen LogP contribution in [0.25, 0.3) is 11.3 Å². The Hall–Kier alpha value is -1.85. The summed E-state index contributed by atoms with van der Waals surface area (Å²) >= 11 is 0. The number of aromatic nitrogens is 2. The van der Waals surface area contributed by atoms with E-state index in [1.54, 1.807) is 10.9 Å². The largest absolute Gasteiger partial charge is 0.354 e. The average molecular weight is 351 g/mol. The molecule has 1 aromatic heterocycles. The van der Waals surface area contributed by atoms with E-state index in [2.05, 4.69) is 29.2 Å². The summed E-state index contributed by atoms with van der Waals surface area (Å²) in [7, 11) is 0. The van der Waals surface area contributed by atoms with E-state index in [-0.39, 0.29) is 24.9 Å². The summed E-state index contributed by atoms with van der Waals surface area (Å²) < 4.78 is 1.75. The summed E-state index contributed by atoms with van der Waals surface area (Å²) in [5, 5.41) is 7.24. The highest BCUT2D eigenvalue weighted by Crippen LogP contribution is 2.17. The molecule has 0 bridgehead atoms. The first-order chi connectivity index (χ1) is 11.2. The summed E-state index contributed by atoms with van der Waals surface area (Å²) in [5.41, 5.74) is 2.03. The van der Waals surface area contributed by atoms with Crippen molar-refractivity contribution < 1.29 is 4.79 Å². The van der Waals surface area contributed by atoms with Crippen molar-refractivity contribution in [2.75, 3.05) is 26.2 Å². The smallest absolute Gasteiger partial charge is 0.241 e. The van der Waals surface area contributed by atoms with Gasteiger partial charge >= 0.3 is 0 Å². The van der Waals surface area contributed by atoms with Gasteiger partial charge in [-0.3, -0.25) is 9.48 Å². The average Bonchev–Trinajstić information content (AvgIpc) is 3.04. The molecule has 1 aromatic carbocycles. The maximum absolute atomic E-state index is 12.1. The summed E-state index contributed by atoms with van der Waals surface area (Å²) in [6.45, 7) is 8.40. The normalized spacial score (nSPS) is 10.5. The Morgan fingerprint density at radius 1 is 1.17 bits per heavy atom. The molecule has 0 atom stereocenters. The van der Waals surface area contributed by atoms with Gasteiger partial charge in [0.15, 0.2) is 0 Å². The minimum atomic E-state index is 0. The van der Waals surface area contributed by atoms with Gasteiger partial charge in [0, 0.05) is 12.7 Å². The Morgan fingerprint density at radius 3 is 2.54 bits per heavy atom. The molecule has 132 valence electrons. The summed E-state index contributed by atoms with van der Waals surface area (Å²) in [6.07, 6.45) is 2.70. The van der Waals surface area contributed by atoms with Crippen LogP contribution in [0.2, 0.25) is 0 Å². The molecule has 2 rings (SSSR count). The van der Waals surface area contributed by atoms with Crippen LogP contribution in [0.1, 0.15) is 20.3 Å². The van der Waals surface area contributed by atoms with Crippen LogP contribution in [0.5, 0.6) is 0 Å². The Kier molecular flexibility index (Phi) is 9.12. The van der Waals surface area contributed by atoms with Crippen molar-refractivity contribution in [1.29, 1.82) is 0 Å². The summed E-state index contributed by atoms with van der Waals surface area (Å²) in [5.74, 6) is 0.00503. The quantitative estimate of drug-likeness (QED) is 0.707. The molecule has 1 amide bonds. The zero-order valence-electron chi connectivity index (χ0n) is 14.4. The molecule has 5 nitrogen and oxygen atoms in total. The van der Waals surface area contributed by atoms with Crippen LogP contribution < -0.4 is 5.32 Å². The molecule has 0 saturated heterocycles. The molecule has 6 heteroatoms. The van der Waals surface area contributed by atoms with Crippen LogP contribution in [-0.2, 0) is 11.3 Å². The monoisotopic (exact) mass is 350 g/mol. The van der Waals surface area contributed by atoms with Crippen molar-refractivity contribution in [3.63, 3.8) is 0 Å². The van der Waals surface area contributed by atoms with Gasteiger partial charge in [0.05, 0.1) is 5.69 Å². The highest BCUT2D eigenvalue weighted by atomic mass is 35.5. The molecule has 0 aliphatic heterocycles.